The number of benzene rings is 3. The van der Waals surface area contributed by atoms with Gasteiger partial charge >= 0.3 is 0 Å². The second-order valence-electron chi connectivity index (χ2n) is 8.28. The van der Waals surface area contributed by atoms with Crippen LogP contribution < -0.4 is 4.90 Å². The number of aliphatic hydroxyl groups excluding tert-OH is 1. The summed E-state index contributed by atoms with van der Waals surface area (Å²) in [6, 6.07) is 16.4. The summed E-state index contributed by atoms with van der Waals surface area (Å²) in [5.74, 6) is -2.53. The van der Waals surface area contributed by atoms with Gasteiger partial charge in [-0.15, -0.1) is 0 Å². The Morgan fingerprint density at radius 3 is 2.44 bits per heavy atom. The van der Waals surface area contributed by atoms with Crippen molar-refractivity contribution in [3.63, 3.8) is 0 Å². The number of ketones is 1. The molecule has 3 aromatic carbocycles. The molecule has 1 atom stereocenters. The molecule has 0 fully saturated rings. The van der Waals surface area contributed by atoms with Crippen molar-refractivity contribution in [3.05, 3.63) is 111 Å². The number of amides is 1. The summed E-state index contributed by atoms with van der Waals surface area (Å²) >= 11 is 6.05. The zero-order valence-electron chi connectivity index (χ0n) is 18.3. The fraction of sp³-hybridized carbons (Fsp3) is 0.111. The van der Waals surface area contributed by atoms with Gasteiger partial charge in [-0.3, -0.25) is 14.5 Å². The van der Waals surface area contributed by atoms with Crippen molar-refractivity contribution in [1.82, 2.24) is 0 Å². The molecule has 5 rings (SSSR count). The van der Waals surface area contributed by atoms with Crippen molar-refractivity contribution in [2.75, 3.05) is 4.90 Å². The van der Waals surface area contributed by atoms with Gasteiger partial charge in [0.1, 0.15) is 11.4 Å². The Hall–Kier alpha value is -3.90. The van der Waals surface area contributed by atoms with E-state index in [0.29, 0.717) is 27.2 Å². The largest absolute Gasteiger partial charge is 0.503 e. The Morgan fingerprint density at radius 1 is 1.00 bits per heavy atom. The van der Waals surface area contributed by atoms with Crippen LogP contribution >= 0.6 is 11.6 Å². The molecule has 0 saturated carbocycles. The average molecular weight is 476 g/mol. The first-order valence-corrected chi connectivity index (χ1v) is 11.0. The van der Waals surface area contributed by atoms with E-state index in [9.17, 15) is 19.1 Å². The van der Waals surface area contributed by atoms with E-state index in [4.69, 9.17) is 16.0 Å². The van der Waals surface area contributed by atoms with Gasteiger partial charge in [0.15, 0.2) is 11.5 Å². The molecule has 0 spiro atoms. The topological polar surface area (TPSA) is 70.8 Å². The highest BCUT2D eigenvalue weighted by molar-refractivity contribution is 6.31. The summed E-state index contributed by atoms with van der Waals surface area (Å²) in [4.78, 5) is 28.2. The fourth-order valence-corrected chi connectivity index (χ4v) is 4.38. The number of Topliss-reactive ketones (excluding diaryl/α,β-unsaturated/α-hetero) is 1. The lowest BCUT2D eigenvalue weighted by atomic mass is 9.94. The number of aliphatic hydroxyl groups is 1. The molecular formula is C27H19ClFNO4. The van der Waals surface area contributed by atoms with Gasteiger partial charge in [0.2, 0.25) is 5.78 Å². The quantitative estimate of drug-likeness (QED) is 0.336. The first-order chi connectivity index (χ1) is 16.2. The second kappa shape index (κ2) is 8.15. The van der Waals surface area contributed by atoms with E-state index in [2.05, 4.69) is 0 Å². The van der Waals surface area contributed by atoms with Gasteiger partial charge in [0, 0.05) is 16.1 Å². The highest BCUT2D eigenvalue weighted by atomic mass is 35.5. The lowest BCUT2D eigenvalue weighted by molar-refractivity contribution is -0.117. The predicted molar refractivity (Wildman–Crippen MR) is 128 cm³/mol. The van der Waals surface area contributed by atoms with Crippen molar-refractivity contribution in [1.29, 1.82) is 0 Å². The molecule has 0 saturated heterocycles. The Bertz CT molecular complexity index is 1500. The van der Waals surface area contributed by atoms with Crippen LogP contribution in [0.4, 0.5) is 10.1 Å². The molecule has 1 N–H and O–H groups in total. The molecule has 0 bridgehead atoms. The number of nitrogens with zero attached hydrogens (tertiary/aromatic N) is 1. The van der Waals surface area contributed by atoms with Gasteiger partial charge in [-0.05, 0) is 79.1 Å². The second-order valence-corrected chi connectivity index (χ2v) is 8.72. The summed E-state index contributed by atoms with van der Waals surface area (Å²) in [5.41, 5.74) is 3.26. The van der Waals surface area contributed by atoms with Crippen LogP contribution in [0.1, 0.15) is 33.3 Å². The van der Waals surface area contributed by atoms with Crippen molar-refractivity contribution in [2.24, 2.45) is 0 Å². The van der Waals surface area contributed by atoms with Crippen LogP contribution in [0.5, 0.6) is 0 Å². The average Bonchev–Trinajstić information content (AvgIpc) is 3.34. The van der Waals surface area contributed by atoms with Gasteiger partial charge in [-0.25, -0.2) is 4.39 Å². The molecule has 1 aliphatic rings. The smallest absolute Gasteiger partial charge is 0.294 e. The molecule has 7 heteroatoms. The van der Waals surface area contributed by atoms with Gasteiger partial charge in [-0.1, -0.05) is 29.8 Å². The third-order valence-electron chi connectivity index (χ3n) is 6.11. The number of hydrogen-bond acceptors (Lipinski definition) is 4. The fourth-order valence-electron chi connectivity index (χ4n) is 4.20. The van der Waals surface area contributed by atoms with E-state index in [1.807, 2.05) is 26.0 Å². The minimum atomic E-state index is -0.973. The number of fused-ring (bicyclic) bond motifs is 1. The van der Waals surface area contributed by atoms with Crippen molar-refractivity contribution in [2.45, 2.75) is 19.9 Å². The molecule has 2 heterocycles. The summed E-state index contributed by atoms with van der Waals surface area (Å²) in [6.07, 6.45) is 0. The van der Waals surface area contributed by atoms with Crippen molar-refractivity contribution < 1.29 is 23.5 Å². The van der Waals surface area contributed by atoms with Gasteiger partial charge in [0.25, 0.3) is 5.91 Å². The van der Waals surface area contributed by atoms with Crippen LogP contribution in [0.25, 0.3) is 11.0 Å². The monoisotopic (exact) mass is 475 g/mol. The summed E-state index contributed by atoms with van der Waals surface area (Å²) in [5, 5.41) is 12.0. The number of anilines is 1. The van der Waals surface area contributed by atoms with E-state index in [1.165, 1.54) is 35.2 Å². The van der Waals surface area contributed by atoms with E-state index < -0.39 is 29.3 Å². The summed E-state index contributed by atoms with van der Waals surface area (Å²) < 4.78 is 19.4. The van der Waals surface area contributed by atoms with Crippen molar-refractivity contribution in [3.8, 4) is 0 Å². The Kier molecular flexibility index (Phi) is 5.25. The van der Waals surface area contributed by atoms with Crippen LogP contribution in [-0.2, 0) is 4.79 Å². The molecule has 4 aromatic rings. The maximum Gasteiger partial charge on any atom is 0.294 e. The molecular weight excluding hydrogens is 457 g/mol. The Balaban J connectivity index is 1.66. The normalized spacial score (nSPS) is 16.1. The van der Waals surface area contributed by atoms with Crippen LogP contribution in [0.15, 0.2) is 82.5 Å². The SMILES string of the molecule is Cc1ccc(N2C(=O)C(O)=C(C(=O)c3cc4cc(Cl)ccc4o3)C2c2ccc(F)cc2)cc1C. The van der Waals surface area contributed by atoms with Gasteiger partial charge < -0.3 is 9.52 Å². The summed E-state index contributed by atoms with van der Waals surface area (Å²) in [6.45, 7) is 3.85. The molecule has 1 aliphatic heterocycles. The van der Waals surface area contributed by atoms with E-state index >= 15 is 0 Å². The molecule has 1 aromatic heterocycles. The van der Waals surface area contributed by atoms with E-state index in [-0.39, 0.29) is 11.3 Å². The minimum absolute atomic E-state index is 0.0411. The Morgan fingerprint density at radius 2 is 1.74 bits per heavy atom. The van der Waals surface area contributed by atoms with Crippen LogP contribution in [-0.4, -0.2) is 16.8 Å². The molecule has 34 heavy (non-hydrogen) atoms. The molecule has 1 unspecified atom stereocenters. The lowest BCUT2D eigenvalue weighted by Gasteiger charge is -2.27. The van der Waals surface area contributed by atoms with Crippen LogP contribution in [0.2, 0.25) is 5.02 Å². The molecule has 0 radical (unpaired) electrons. The van der Waals surface area contributed by atoms with E-state index in [1.54, 1.807) is 24.3 Å². The summed E-state index contributed by atoms with van der Waals surface area (Å²) in [7, 11) is 0. The zero-order chi connectivity index (χ0) is 24.1. The zero-order valence-corrected chi connectivity index (χ0v) is 19.1. The number of halogens is 2. The highest BCUT2D eigenvalue weighted by Gasteiger charge is 2.45. The molecule has 5 nitrogen and oxygen atoms in total. The number of furan rings is 1. The third kappa shape index (κ3) is 3.56. The van der Waals surface area contributed by atoms with Gasteiger partial charge in [0.05, 0.1) is 11.6 Å². The first-order valence-electron chi connectivity index (χ1n) is 10.6. The molecule has 1 amide bonds. The highest BCUT2D eigenvalue weighted by Crippen LogP contribution is 2.42. The minimum Gasteiger partial charge on any atom is -0.503 e. The number of rotatable bonds is 4. The maximum absolute atomic E-state index is 13.7. The molecule has 0 aliphatic carbocycles. The van der Waals surface area contributed by atoms with Gasteiger partial charge in [-0.2, -0.15) is 0 Å². The Labute approximate surface area is 199 Å². The number of carbonyl (C=O) groups is 2. The number of carbonyl (C=O) groups excluding carboxylic acids is 2. The maximum atomic E-state index is 13.7. The van der Waals surface area contributed by atoms with E-state index in [0.717, 1.165) is 11.1 Å². The molecule has 170 valence electrons. The lowest BCUT2D eigenvalue weighted by Crippen LogP contribution is -2.31. The van der Waals surface area contributed by atoms with Crippen molar-refractivity contribution >= 4 is 39.9 Å². The third-order valence-corrected chi connectivity index (χ3v) is 6.34. The van der Waals surface area contributed by atoms with Crippen LogP contribution in [0.3, 0.4) is 0 Å². The standard InChI is InChI=1S/C27H19ClFNO4/c1-14-3-9-20(11-15(14)2)30-24(16-4-7-19(29)8-5-16)23(26(32)27(30)33)25(31)22-13-17-12-18(28)6-10-21(17)34-22/h3-13,24,32H,1-2H3. The number of aryl methyl sites for hydroxylation is 2. The predicted octanol–water partition coefficient (Wildman–Crippen LogP) is 6.63. The first kappa shape index (κ1) is 21.9. The number of hydrogen-bond donors (Lipinski definition) is 1. The van der Waals surface area contributed by atoms with Crippen LogP contribution in [0, 0.1) is 19.7 Å².